The molecule has 30 rings (SSSR count). The van der Waals surface area contributed by atoms with Gasteiger partial charge in [0.25, 0.3) is 0 Å². The number of rotatable bonds is 12. The largest absolute Gasteiger partial charge is 0.309 e. The van der Waals surface area contributed by atoms with Crippen molar-refractivity contribution in [3.05, 3.63) is 552 Å². The summed E-state index contributed by atoms with van der Waals surface area (Å²) in [4.78, 5) is 0. The molecule has 608 valence electrons. The molecular weight excluding hydrogens is 1600 g/mol. The van der Waals surface area contributed by atoms with Gasteiger partial charge in [-0.2, -0.15) is 0 Å². The topological polar surface area (TPSA) is 19.7 Å². The lowest BCUT2D eigenvalue weighted by atomic mass is 9.60. The van der Waals surface area contributed by atoms with E-state index in [9.17, 15) is 0 Å². The predicted molar refractivity (Wildman–Crippen MR) is 547 cm³/mol. The summed E-state index contributed by atoms with van der Waals surface area (Å²) in [5.74, 6) is 0.759. The lowest BCUT2D eigenvalue weighted by Gasteiger charge is -2.42. The molecule has 0 N–H and O–H groups in total. The van der Waals surface area contributed by atoms with Crippen LogP contribution in [0.4, 0.5) is 0 Å². The van der Waals surface area contributed by atoms with Crippen LogP contribution in [0.15, 0.2) is 485 Å². The average molecular weight is 1690 g/mol. The Morgan fingerprint density at radius 1 is 0.146 bits per heavy atom. The maximum atomic E-state index is 2.59. The van der Waals surface area contributed by atoms with Gasteiger partial charge in [0.2, 0.25) is 0 Å². The van der Waals surface area contributed by atoms with Crippen LogP contribution in [0.2, 0.25) is 0 Å². The average Bonchev–Trinajstić information content (AvgIpc) is 1.33. The van der Waals surface area contributed by atoms with Crippen molar-refractivity contribution >= 4 is 145 Å². The first-order chi connectivity index (χ1) is 64.6. The summed E-state index contributed by atoms with van der Waals surface area (Å²) in [6, 6.07) is 183. The van der Waals surface area contributed by atoms with E-state index in [4.69, 9.17) is 0 Å². The molecule has 0 spiro atoms. The number of hydrogen-bond acceptors (Lipinski definition) is 0. The highest BCUT2D eigenvalue weighted by molar-refractivity contribution is 7.20. The Morgan fingerprint density at radius 3 is 0.777 bits per heavy atom. The molecule has 0 fully saturated rings. The van der Waals surface area contributed by atoms with Crippen molar-refractivity contribution in [2.24, 2.45) is 0 Å². The smallest absolute Gasteiger partial charge is 0.179 e. The van der Waals surface area contributed by atoms with Crippen molar-refractivity contribution in [2.75, 3.05) is 0 Å². The van der Waals surface area contributed by atoms with Crippen LogP contribution in [-0.4, -0.2) is 34.4 Å². The molecule has 0 atom stereocenters. The second kappa shape index (κ2) is 29.3. The summed E-state index contributed by atoms with van der Waals surface area (Å²) in [5.41, 5.74) is 31.8. The van der Waals surface area contributed by atoms with Crippen molar-refractivity contribution in [3.63, 3.8) is 0 Å². The van der Waals surface area contributed by atoms with E-state index in [1.807, 2.05) is 0 Å². The van der Waals surface area contributed by atoms with Crippen molar-refractivity contribution in [2.45, 2.75) is 23.7 Å². The first kappa shape index (κ1) is 74.3. The van der Waals surface area contributed by atoms with Crippen LogP contribution in [-0.2, 0) is 0 Å². The molecule has 4 aromatic heterocycles. The molecule has 0 unspecified atom stereocenters. The Kier molecular flexibility index (Phi) is 16.7. The van der Waals surface area contributed by atoms with E-state index in [1.165, 1.54) is 207 Å². The van der Waals surface area contributed by atoms with Gasteiger partial charge in [-0.05, 0) is 193 Å². The quantitative estimate of drug-likeness (QED) is 0.0858. The standard InChI is InChI=1S/2C62H42N2Si/c1-5-20-41(21-6-1)63-54-38-36-45(65(42-22-7-2-8-23-42,43-24-9-3-10-25-43)44-26-11-4-12-27-44)40-52(54)60-55(63)34-19-35-56(60)64-53-33-18-17-32-50(53)61-57(64)39-37-51-58-46-28-13-15-30-48(46)59(62(51)61)49-31-16-14-29-47(49)58;1-5-20-41(21-6-1)63-54-34-19-35-55(60(54)51-37-36-45(40-57(51)63)65(42-22-7-2-8-23-42,43-24-9-3-10-25-43)44-26-11-4-12-27-44)64-53-33-18-17-32-50(53)61-56(64)39-38-52-58-46-28-13-15-30-48(46)59(62(52)61)49-31-16-14-29-47(49)58/h2*1-40,58-59H. The van der Waals surface area contributed by atoms with Gasteiger partial charge in [-0.25, -0.2) is 0 Å². The maximum absolute atomic E-state index is 2.84. The van der Waals surface area contributed by atoms with E-state index in [1.54, 1.807) is 0 Å². The first-order valence-corrected chi connectivity index (χ1v) is 49.7. The van der Waals surface area contributed by atoms with Crippen LogP contribution < -0.4 is 41.5 Å². The van der Waals surface area contributed by atoms with E-state index < -0.39 is 16.1 Å². The van der Waals surface area contributed by atoms with Crippen molar-refractivity contribution in [3.8, 4) is 22.7 Å². The molecule has 4 nitrogen and oxygen atoms in total. The Morgan fingerprint density at radius 2 is 0.408 bits per heavy atom. The molecule has 130 heavy (non-hydrogen) atoms. The summed E-state index contributed by atoms with van der Waals surface area (Å²) in [7, 11) is -5.66. The molecule has 0 saturated carbocycles. The van der Waals surface area contributed by atoms with Crippen molar-refractivity contribution in [1.82, 2.24) is 18.3 Å². The third kappa shape index (κ3) is 10.5. The minimum atomic E-state index is -2.84. The number of para-hydroxylation sites is 4. The first-order valence-electron chi connectivity index (χ1n) is 45.7. The minimum absolute atomic E-state index is 0.163. The molecule has 0 saturated heterocycles. The summed E-state index contributed by atoms with van der Waals surface area (Å²) in [6.07, 6.45) is 0. The Bertz CT molecular complexity index is 8380. The Labute approximate surface area is 756 Å². The lowest BCUT2D eigenvalue weighted by Crippen LogP contribution is -2.74. The minimum Gasteiger partial charge on any atom is -0.309 e. The highest BCUT2D eigenvalue weighted by atomic mass is 28.3. The monoisotopic (exact) mass is 1680 g/mol. The van der Waals surface area contributed by atoms with Gasteiger partial charge in [0.15, 0.2) is 16.1 Å². The van der Waals surface area contributed by atoms with E-state index in [2.05, 4.69) is 504 Å². The van der Waals surface area contributed by atoms with Crippen LogP contribution in [0.3, 0.4) is 0 Å². The molecule has 24 aromatic rings. The van der Waals surface area contributed by atoms with Crippen molar-refractivity contribution < 1.29 is 0 Å². The molecular formula is C124H84N4Si2. The number of aromatic nitrogens is 4. The summed E-state index contributed by atoms with van der Waals surface area (Å²) in [6.45, 7) is 0. The number of benzene rings is 20. The van der Waals surface area contributed by atoms with Crippen LogP contribution in [0.1, 0.15) is 90.4 Å². The fourth-order valence-electron chi connectivity index (χ4n) is 24.7. The van der Waals surface area contributed by atoms with E-state index in [-0.39, 0.29) is 23.7 Å². The van der Waals surface area contributed by atoms with Crippen LogP contribution in [0.25, 0.3) is 110 Å². The van der Waals surface area contributed by atoms with Crippen LogP contribution in [0.5, 0.6) is 0 Å². The molecule has 4 heterocycles. The van der Waals surface area contributed by atoms with Crippen LogP contribution in [0, 0.1) is 0 Å². The third-order valence-electron chi connectivity index (χ3n) is 29.7. The van der Waals surface area contributed by atoms with Gasteiger partial charge >= 0.3 is 0 Å². The van der Waals surface area contributed by atoms with Gasteiger partial charge in [-0.1, -0.05) is 400 Å². The molecule has 6 aliphatic carbocycles. The zero-order valence-electron chi connectivity index (χ0n) is 71.3. The van der Waals surface area contributed by atoms with Gasteiger partial charge in [0, 0.05) is 78.1 Å². The van der Waals surface area contributed by atoms with Crippen LogP contribution >= 0.6 is 0 Å². The summed E-state index contributed by atoms with van der Waals surface area (Å²) >= 11 is 0. The normalized spacial score (nSPS) is 15.1. The second-order valence-corrected chi connectivity index (χ2v) is 43.3. The third-order valence-corrected chi connectivity index (χ3v) is 39.2. The molecule has 6 aliphatic rings. The lowest BCUT2D eigenvalue weighted by molar-refractivity contribution is 0.761. The van der Waals surface area contributed by atoms with E-state index in [0.29, 0.717) is 0 Å². The second-order valence-electron chi connectivity index (χ2n) is 35.7. The molecule has 20 aromatic carbocycles. The van der Waals surface area contributed by atoms with E-state index in [0.717, 1.165) is 11.4 Å². The summed E-state index contributed by atoms with van der Waals surface area (Å²) in [5, 5.41) is 21.3. The zero-order valence-corrected chi connectivity index (χ0v) is 73.3. The summed E-state index contributed by atoms with van der Waals surface area (Å²) < 4.78 is 10.2. The van der Waals surface area contributed by atoms with Gasteiger partial charge in [-0.3, -0.25) is 0 Å². The molecule has 0 amide bonds. The SMILES string of the molecule is c1ccc(-n2c3cc([Si](c4ccccc4)(c4ccccc4)c4ccccc4)ccc3c3c(-n4c5ccccc5c5c6c(ccc54)C4c5ccccc5C6c5ccccc54)cccc32)cc1.c1ccc(-n2c3ccc([Si](c4ccccc4)(c4ccccc4)c4ccccc4)cc3c3c(-n4c5ccccc5c5c6c(ccc54)C4c5ccccc5C6c5ccccc54)cccc32)cc1. The van der Waals surface area contributed by atoms with Crippen molar-refractivity contribution in [1.29, 1.82) is 0 Å². The fraction of sp³-hybridized carbons (Fsp3) is 0.0323. The van der Waals surface area contributed by atoms with Gasteiger partial charge in [0.05, 0.1) is 55.5 Å². The molecule has 0 aliphatic heterocycles. The Hall–Kier alpha value is -16.0. The number of hydrogen-bond donors (Lipinski definition) is 0. The number of fused-ring (bicyclic) bond motifs is 12. The van der Waals surface area contributed by atoms with Gasteiger partial charge in [0.1, 0.15) is 0 Å². The van der Waals surface area contributed by atoms with E-state index >= 15 is 0 Å². The zero-order chi connectivity index (χ0) is 85.3. The Balaban J connectivity index is 0.000000134. The number of nitrogens with zero attached hydrogens (tertiary/aromatic N) is 4. The fourth-order valence-corrected chi connectivity index (χ4v) is 34.3. The maximum Gasteiger partial charge on any atom is 0.179 e. The van der Waals surface area contributed by atoms with Gasteiger partial charge < -0.3 is 18.3 Å². The van der Waals surface area contributed by atoms with Gasteiger partial charge in [-0.15, -0.1) is 0 Å². The molecule has 0 radical (unpaired) electrons. The highest BCUT2D eigenvalue weighted by Crippen LogP contribution is 2.61. The molecule has 4 bridgehead atoms. The highest BCUT2D eigenvalue weighted by Gasteiger charge is 2.48. The predicted octanol–water partition coefficient (Wildman–Crippen LogP) is 24.5. The molecule has 6 heteroatoms.